The van der Waals surface area contributed by atoms with E-state index in [1.807, 2.05) is 0 Å². The Kier molecular flexibility index (Phi) is 3.99. The fourth-order valence-corrected chi connectivity index (χ4v) is 2.04. The third-order valence-corrected chi connectivity index (χ3v) is 3.04. The summed E-state index contributed by atoms with van der Waals surface area (Å²) in [7, 11) is 0. The van der Waals surface area contributed by atoms with Crippen LogP contribution in [0.3, 0.4) is 0 Å². The van der Waals surface area contributed by atoms with Gasteiger partial charge in [-0.1, -0.05) is 0 Å². The maximum Gasteiger partial charge on any atom is 0.416 e. The lowest BCUT2D eigenvalue weighted by molar-refractivity contribution is -0.137. The lowest BCUT2D eigenvalue weighted by atomic mass is 10.1. The van der Waals surface area contributed by atoms with Crippen LogP contribution in [0.15, 0.2) is 18.2 Å². The summed E-state index contributed by atoms with van der Waals surface area (Å²) in [4.78, 5) is 0. The van der Waals surface area contributed by atoms with Gasteiger partial charge in [-0.05, 0) is 25.1 Å². The van der Waals surface area contributed by atoms with E-state index in [0.717, 1.165) is 12.1 Å². The zero-order valence-corrected chi connectivity index (χ0v) is 11.1. The SMILES string of the molecule is CCn1c(CCl)nnc1-c1cc(C(F)(F)F)ccc1F. The van der Waals surface area contributed by atoms with Gasteiger partial charge in [-0.2, -0.15) is 13.2 Å². The fraction of sp³-hybridized carbons (Fsp3) is 0.333. The van der Waals surface area contributed by atoms with E-state index in [2.05, 4.69) is 10.2 Å². The van der Waals surface area contributed by atoms with E-state index in [4.69, 9.17) is 11.6 Å². The Morgan fingerprint density at radius 2 is 1.95 bits per heavy atom. The molecule has 1 heterocycles. The van der Waals surface area contributed by atoms with Crippen molar-refractivity contribution in [2.75, 3.05) is 0 Å². The van der Waals surface area contributed by atoms with E-state index in [9.17, 15) is 17.6 Å². The highest BCUT2D eigenvalue weighted by molar-refractivity contribution is 6.16. The van der Waals surface area contributed by atoms with Gasteiger partial charge in [-0.15, -0.1) is 21.8 Å². The van der Waals surface area contributed by atoms with Gasteiger partial charge in [-0.3, -0.25) is 0 Å². The molecular weight excluding hydrogens is 298 g/mol. The Hall–Kier alpha value is -1.63. The van der Waals surface area contributed by atoms with Gasteiger partial charge in [0.15, 0.2) is 5.82 Å². The van der Waals surface area contributed by atoms with Crippen molar-refractivity contribution >= 4 is 11.6 Å². The van der Waals surface area contributed by atoms with Crippen LogP contribution in [-0.2, 0) is 18.6 Å². The molecule has 1 aromatic heterocycles. The van der Waals surface area contributed by atoms with Crippen molar-refractivity contribution in [2.24, 2.45) is 0 Å². The van der Waals surface area contributed by atoms with Crippen molar-refractivity contribution < 1.29 is 17.6 Å². The molecule has 0 spiro atoms. The van der Waals surface area contributed by atoms with Crippen LogP contribution in [0.5, 0.6) is 0 Å². The largest absolute Gasteiger partial charge is 0.416 e. The highest BCUT2D eigenvalue weighted by Gasteiger charge is 2.32. The first kappa shape index (κ1) is 14.8. The van der Waals surface area contributed by atoms with Gasteiger partial charge >= 0.3 is 6.18 Å². The zero-order valence-electron chi connectivity index (χ0n) is 10.4. The molecule has 0 N–H and O–H groups in total. The van der Waals surface area contributed by atoms with Gasteiger partial charge in [0, 0.05) is 6.54 Å². The van der Waals surface area contributed by atoms with Gasteiger partial charge in [-0.25, -0.2) is 4.39 Å². The molecule has 1 aromatic carbocycles. The summed E-state index contributed by atoms with van der Waals surface area (Å²) < 4.78 is 53.3. The zero-order chi connectivity index (χ0) is 14.9. The summed E-state index contributed by atoms with van der Waals surface area (Å²) >= 11 is 5.66. The lowest BCUT2D eigenvalue weighted by Gasteiger charge is -2.10. The molecule has 0 saturated heterocycles. The highest BCUT2D eigenvalue weighted by Crippen LogP contribution is 2.33. The lowest BCUT2D eigenvalue weighted by Crippen LogP contribution is -2.07. The minimum Gasteiger partial charge on any atom is -0.310 e. The molecule has 0 saturated carbocycles. The third kappa shape index (κ3) is 2.63. The molecule has 2 rings (SSSR count). The van der Waals surface area contributed by atoms with Crippen LogP contribution >= 0.6 is 11.6 Å². The van der Waals surface area contributed by atoms with Crippen molar-refractivity contribution in [2.45, 2.75) is 25.5 Å². The minimum atomic E-state index is -4.55. The van der Waals surface area contributed by atoms with Crippen molar-refractivity contribution in [1.82, 2.24) is 14.8 Å². The van der Waals surface area contributed by atoms with Gasteiger partial charge in [0.2, 0.25) is 0 Å². The predicted molar refractivity (Wildman–Crippen MR) is 65.6 cm³/mol. The molecule has 0 fully saturated rings. The normalized spacial score (nSPS) is 11.9. The number of nitrogens with zero attached hydrogens (tertiary/aromatic N) is 3. The number of alkyl halides is 4. The Morgan fingerprint density at radius 1 is 1.25 bits per heavy atom. The Morgan fingerprint density at radius 3 is 2.50 bits per heavy atom. The number of hydrogen-bond donors (Lipinski definition) is 0. The fourth-order valence-electron chi connectivity index (χ4n) is 1.84. The third-order valence-electron chi connectivity index (χ3n) is 2.80. The molecule has 3 nitrogen and oxygen atoms in total. The van der Waals surface area contributed by atoms with Crippen LogP contribution in [0.2, 0.25) is 0 Å². The molecule has 0 radical (unpaired) electrons. The number of aromatic nitrogens is 3. The highest BCUT2D eigenvalue weighted by atomic mass is 35.5. The summed E-state index contributed by atoms with van der Waals surface area (Å²) in [6.07, 6.45) is -4.55. The van der Waals surface area contributed by atoms with Crippen LogP contribution in [-0.4, -0.2) is 14.8 Å². The average molecular weight is 308 g/mol. The van der Waals surface area contributed by atoms with E-state index >= 15 is 0 Å². The van der Waals surface area contributed by atoms with Crippen LogP contribution < -0.4 is 0 Å². The van der Waals surface area contributed by atoms with Crippen molar-refractivity contribution in [1.29, 1.82) is 0 Å². The van der Waals surface area contributed by atoms with Crippen LogP contribution in [0.25, 0.3) is 11.4 Å². The number of rotatable bonds is 3. The predicted octanol–water partition coefficient (Wildman–Crippen LogP) is 3.86. The van der Waals surface area contributed by atoms with Crippen LogP contribution in [0.1, 0.15) is 18.3 Å². The van der Waals surface area contributed by atoms with Crippen molar-refractivity contribution in [3.05, 3.63) is 35.4 Å². The number of halogens is 5. The summed E-state index contributed by atoms with van der Waals surface area (Å²) in [5.74, 6) is -0.338. The Labute approximate surface area is 117 Å². The van der Waals surface area contributed by atoms with Gasteiger partial charge < -0.3 is 4.57 Å². The Bertz CT molecular complexity index is 622. The Balaban J connectivity index is 2.60. The van der Waals surface area contributed by atoms with Crippen LogP contribution in [0.4, 0.5) is 17.6 Å². The molecule has 0 atom stereocenters. The first-order valence-electron chi connectivity index (χ1n) is 5.73. The maximum atomic E-state index is 13.8. The molecule has 108 valence electrons. The van der Waals surface area contributed by atoms with Crippen LogP contribution in [0, 0.1) is 5.82 Å². The molecule has 0 aliphatic heterocycles. The van der Waals surface area contributed by atoms with E-state index in [0.29, 0.717) is 18.4 Å². The second-order valence-electron chi connectivity index (χ2n) is 4.01. The second-order valence-corrected chi connectivity index (χ2v) is 4.28. The smallest absolute Gasteiger partial charge is 0.310 e. The van der Waals surface area contributed by atoms with E-state index in [1.165, 1.54) is 4.57 Å². The number of hydrogen-bond acceptors (Lipinski definition) is 2. The summed E-state index contributed by atoms with van der Waals surface area (Å²) in [5.41, 5.74) is -1.18. The summed E-state index contributed by atoms with van der Waals surface area (Å²) in [6, 6.07) is 2.19. The molecule has 8 heteroatoms. The van der Waals surface area contributed by atoms with Gasteiger partial charge in [0.1, 0.15) is 11.6 Å². The maximum absolute atomic E-state index is 13.8. The molecule has 20 heavy (non-hydrogen) atoms. The molecule has 2 aromatic rings. The van der Waals surface area contributed by atoms with Crippen molar-refractivity contribution in [3.8, 4) is 11.4 Å². The van der Waals surface area contributed by atoms with Gasteiger partial charge in [0.25, 0.3) is 0 Å². The number of benzene rings is 1. The minimum absolute atomic E-state index is 0.0340. The molecule has 0 unspecified atom stereocenters. The molecule has 0 bridgehead atoms. The standard InChI is InChI=1S/C12H10ClF4N3/c1-2-20-10(6-13)18-19-11(20)8-5-7(12(15,16)17)3-4-9(8)14/h3-5H,2,6H2,1H3. The first-order chi connectivity index (χ1) is 9.38. The van der Waals surface area contributed by atoms with E-state index < -0.39 is 17.6 Å². The average Bonchev–Trinajstić information content (AvgIpc) is 2.80. The van der Waals surface area contributed by atoms with E-state index in [1.54, 1.807) is 6.92 Å². The molecular formula is C12H10ClF4N3. The van der Waals surface area contributed by atoms with Gasteiger partial charge in [0.05, 0.1) is 17.0 Å². The van der Waals surface area contributed by atoms with Crippen molar-refractivity contribution in [3.63, 3.8) is 0 Å². The van der Waals surface area contributed by atoms with E-state index in [-0.39, 0.29) is 17.3 Å². The summed E-state index contributed by atoms with van der Waals surface area (Å²) in [6.45, 7) is 2.12. The quantitative estimate of drug-likeness (QED) is 0.637. The topological polar surface area (TPSA) is 30.7 Å². The molecule has 0 aliphatic rings. The first-order valence-corrected chi connectivity index (χ1v) is 6.27. The molecule has 0 amide bonds. The summed E-state index contributed by atoms with van der Waals surface area (Å²) in [5, 5.41) is 7.48. The molecule has 0 aliphatic carbocycles. The second kappa shape index (κ2) is 5.40. The monoisotopic (exact) mass is 307 g/mol.